The third-order valence-electron chi connectivity index (χ3n) is 2.26. The Labute approximate surface area is 98.7 Å². The summed E-state index contributed by atoms with van der Waals surface area (Å²) in [5, 5.41) is 8.56. The number of carbonyl (C=O) groups is 3. The van der Waals surface area contributed by atoms with E-state index in [2.05, 4.69) is 0 Å². The summed E-state index contributed by atoms with van der Waals surface area (Å²) in [4.78, 5) is 34.3. The average Bonchev–Trinajstić information content (AvgIpc) is 2.27. The summed E-state index contributed by atoms with van der Waals surface area (Å²) in [5.74, 6) is -1.54. The number of likely N-dealkylation sites (N-methyl/N-ethyl adjacent to an activating group) is 1. The van der Waals surface area contributed by atoms with Crippen LogP contribution in [0.15, 0.2) is 24.3 Å². The molecule has 1 rings (SSSR count). The number of aliphatic carboxylic acids is 1. The fourth-order valence-corrected chi connectivity index (χ4v) is 1.34. The van der Waals surface area contributed by atoms with E-state index in [1.807, 2.05) is 0 Å². The van der Waals surface area contributed by atoms with Crippen LogP contribution in [0.3, 0.4) is 0 Å². The monoisotopic (exact) mass is 235 g/mol. The van der Waals surface area contributed by atoms with Gasteiger partial charge in [0.05, 0.1) is 0 Å². The number of benzene rings is 1. The molecular weight excluding hydrogens is 222 g/mol. The third-order valence-corrected chi connectivity index (χ3v) is 2.26. The van der Waals surface area contributed by atoms with Crippen LogP contribution in [0.25, 0.3) is 0 Å². The van der Waals surface area contributed by atoms with Crippen molar-refractivity contribution in [3.05, 3.63) is 35.4 Å². The first-order valence-corrected chi connectivity index (χ1v) is 5.00. The highest BCUT2D eigenvalue weighted by molar-refractivity contribution is 5.98. The van der Waals surface area contributed by atoms with E-state index in [0.29, 0.717) is 11.1 Å². The lowest BCUT2D eigenvalue weighted by atomic mass is 10.1. The second kappa shape index (κ2) is 5.25. The molecule has 90 valence electrons. The Hall–Kier alpha value is -2.17. The van der Waals surface area contributed by atoms with Crippen LogP contribution in [-0.2, 0) is 4.79 Å². The molecule has 0 atom stereocenters. The van der Waals surface area contributed by atoms with Crippen molar-refractivity contribution in [3.63, 3.8) is 0 Å². The molecule has 0 aliphatic rings. The number of rotatable bonds is 4. The van der Waals surface area contributed by atoms with Gasteiger partial charge in [-0.15, -0.1) is 0 Å². The van der Waals surface area contributed by atoms with Crippen molar-refractivity contribution in [2.75, 3.05) is 13.6 Å². The van der Waals surface area contributed by atoms with Crippen LogP contribution in [0.4, 0.5) is 0 Å². The molecule has 0 spiro atoms. The minimum absolute atomic E-state index is 0.0807. The highest BCUT2D eigenvalue weighted by Gasteiger charge is 2.14. The number of nitrogens with zero attached hydrogens (tertiary/aromatic N) is 1. The molecule has 5 nitrogen and oxygen atoms in total. The van der Waals surface area contributed by atoms with Crippen molar-refractivity contribution in [3.8, 4) is 0 Å². The highest BCUT2D eigenvalue weighted by Crippen LogP contribution is 2.07. The zero-order valence-electron chi connectivity index (χ0n) is 9.64. The van der Waals surface area contributed by atoms with Crippen LogP contribution in [-0.4, -0.2) is 41.3 Å². The number of hydrogen-bond donors (Lipinski definition) is 1. The van der Waals surface area contributed by atoms with Crippen LogP contribution in [0.1, 0.15) is 27.6 Å². The first kappa shape index (κ1) is 12.9. The predicted octanol–water partition coefficient (Wildman–Crippen LogP) is 1.05. The molecule has 1 N–H and O–H groups in total. The highest BCUT2D eigenvalue weighted by atomic mass is 16.4. The van der Waals surface area contributed by atoms with Gasteiger partial charge in [-0.3, -0.25) is 14.4 Å². The van der Waals surface area contributed by atoms with Crippen LogP contribution in [0, 0.1) is 0 Å². The minimum atomic E-state index is -1.07. The van der Waals surface area contributed by atoms with Gasteiger partial charge in [0.2, 0.25) is 0 Å². The summed E-state index contributed by atoms with van der Waals surface area (Å²) in [6.07, 6.45) is 0. The van der Waals surface area contributed by atoms with Gasteiger partial charge in [-0.1, -0.05) is 12.1 Å². The molecule has 0 radical (unpaired) electrons. The summed E-state index contributed by atoms with van der Waals surface area (Å²) in [5.41, 5.74) is 0.876. The zero-order chi connectivity index (χ0) is 13.0. The van der Waals surface area contributed by atoms with E-state index < -0.39 is 5.97 Å². The van der Waals surface area contributed by atoms with E-state index >= 15 is 0 Å². The smallest absolute Gasteiger partial charge is 0.323 e. The van der Waals surface area contributed by atoms with Gasteiger partial charge in [0.15, 0.2) is 5.78 Å². The molecule has 0 aliphatic heterocycles. The minimum Gasteiger partial charge on any atom is -0.480 e. The molecule has 17 heavy (non-hydrogen) atoms. The van der Waals surface area contributed by atoms with Crippen molar-refractivity contribution in [1.82, 2.24) is 4.90 Å². The average molecular weight is 235 g/mol. The van der Waals surface area contributed by atoms with Gasteiger partial charge in [0.1, 0.15) is 6.54 Å². The first-order chi connectivity index (χ1) is 7.91. The van der Waals surface area contributed by atoms with Gasteiger partial charge in [-0.05, 0) is 19.1 Å². The van der Waals surface area contributed by atoms with E-state index in [0.717, 1.165) is 4.90 Å². The maximum Gasteiger partial charge on any atom is 0.323 e. The molecule has 0 saturated heterocycles. The lowest BCUT2D eigenvalue weighted by Gasteiger charge is -2.14. The second-order valence-electron chi connectivity index (χ2n) is 3.69. The molecule has 0 aliphatic carbocycles. The Morgan fingerprint density at radius 2 is 1.59 bits per heavy atom. The SMILES string of the molecule is CC(=O)c1ccc(C(=O)N(C)CC(=O)O)cc1. The number of ketones is 1. The number of carboxylic acids is 1. The fraction of sp³-hybridized carbons (Fsp3) is 0.250. The van der Waals surface area contributed by atoms with Crippen molar-refractivity contribution in [2.45, 2.75) is 6.92 Å². The lowest BCUT2D eigenvalue weighted by Crippen LogP contribution is -2.31. The van der Waals surface area contributed by atoms with Crippen molar-refractivity contribution in [1.29, 1.82) is 0 Å². The predicted molar refractivity (Wildman–Crippen MR) is 61.0 cm³/mol. The van der Waals surface area contributed by atoms with Gasteiger partial charge in [0, 0.05) is 18.2 Å². The molecule has 0 unspecified atom stereocenters. The number of Topliss-reactive ketones (excluding diaryl/α,β-unsaturated/α-hetero) is 1. The molecule has 0 heterocycles. The molecular formula is C12H13NO4. The molecule has 0 aromatic heterocycles. The fourth-order valence-electron chi connectivity index (χ4n) is 1.34. The molecule has 5 heteroatoms. The molecule has 0 bridgehead atoms. The van der Waals surface area contributed by atoms with E-state index in [4.69, 9.17) is 5.11 Å². The summed E-state index contributed by atoms with van der Waals surface area (Å²) in [6, 6.07) is 6.11. The number of carbonyl (C=O) groups excluding carboxylic acids is 2. The number of carboxylic acid groups (broad SMARTS) is 1. The Morgan fingerprint density at radius 1 is 1.12 bits per heavy atom. The van der Waals surface area contributed by atoms with Gasteiger partial charge in [0.25, 0.3) is 5.91 Å². The molecule has 1 aromatic rings. The van der Waals surface area contributed by atoms with Crippen molar-refractivity contribution >= 4 is 17.7 Å². The number of hydrogen-bond acceptors (Lipinski definition) is 3. The molecule has 1 aromatic carbocycles. The van der Waals surface area contributed by atoms with Gasteiger partial charge in [-0.2, -0.15) is 0 Å². The molecule has 0 saturated carbocycles. The van der Waals surface area contributed by atoms with Crippen LogP contribution in [0.2, 0.25) is 0 Å². The summed E-state index contributed by atoms with van der Waals surface area (Å²) < 4.78 is 0. The standard InChI is InChI=1S/C12H13NO4/c1-8(14)9-3-5-10(6-4-9)12(17)13(2)7-11(15)16/h3-6H,7H2,1-2H3,(H,15,16). The lowest BCUT2D eigenvalue weighted by molar-refractivity contribution is -0.137. The van der Waals surface area contributed by atoms with Gasteiger partial charge >= 0.3 is 5.97 Å². The quantitative estimate of drug-likeness (QED) is 0.791. The topological polar surface area (TPSA) is 74.7 Å². The summed E-state index contributed by atoms with van der Waals surface area (Å²) in [6.45, 7) is 1.08. The van der Waals surface area contributed by atoms with E-state index in [9.17, 15) is 14.4 Å². The summed E-state index contributed by atoms with van der Waals surface area (Å²) >= 11 is 0. The Balaban J connectivity index is 2.82. The van der Waals surface area contributed by atoms with Crippen molar-refractivity contribution < 1.29 is 19.5 Å². The van der Waals surface area contributed by atoms with Gasteiger partial charge < -0.3 is 10.0 Å². The summed E-state index contributed by atoms with van der Waals surface area (Å²) in [7, 11) is 1.41. The number of amides is 1. The van der Waals surface area contributed by atoms with E-state index in [-0.39, 0.29) is 18.2 Å². The maximum absolute atomic E-state index is 11.7. The molecule has 1 amide bonds. The van der Waals surface area contributed by atoms with Crippen LogP contribution in [0.5, 0.6) is 0 Å². The maximum atomic E-state index is 11.7. The largest absolute Gasteiger partial charge is 0.480 e. The Morgan fingerprint density at radius 3 is 2.00 bits per heavy atom. The Bertz CT molecular complexity index is 450. The second-order valence-corrected chi connectivity index (χ2v) is 3.69. The third kappa shape index (κ3) is 3.41. The van der Waals surface area contributed by atoms with Crippen molar-refractivity contribution in [2.24, 2.45) is 0 Å². The van der Waals surface area contributed by atoms with Crippen LogP contribution >= 0.6 is 0 Å². The Kier molecular flexibility index (Phi) is 3.98. The molecule has 0 fully saturated rings. The first-order valence-electron chi connectivity index (χ1n) is 5.00. The van der Waals surface area contributed by atoms with E-state index in [1.165, 1.54) is 26.1 Å². The zero-order valence-corrected chi connectivity index (χ0v) is 9.64. The van der Waals surface area contributed by atoms with Crippen LogP contribution < -0.4 is 0 Å². The van der Waals surface area contributed by atoms with Gasteiger partial charge in [-0.25, -0.2) is 0 Å². The van der Waals surface area contributed by atoms with E-state index in [1.54, 1.807) is 12.1 Å². The normalized spacial score (nSPS) is 9.76.